The number of methoxy groups -OCH3 is 2. The molecule has 1 aliphatic heterocycles. The summed E-state index contributed by atoms with van der Waals surface area (Å²) in [4.78, 5) is 2.25. The average Bonchev–Trinajstić information content (AvgIpc) is 2.18. The normalized spacial score (nSPS) is 30.4. The number of ether oxygens (including phenoxy) is 2. The Kier molecular flexibility index (Phi) is 4.99. The second kappa shape index (κ2) is 5.80. The summed E-state index contributed by atoms with van der Waals surface area (Å²) < 4.78 is 10.4. The molecular weight excluding hydrogens is 194 g/mol. The molecule has 0 aromatic rings. The summed E-state index contributed by atoms with van der Waals surface area (Å²) in [5.41, 5.74) is -0.0506. The Balaban J connectivity index is 2.36. The zero-order valence-corrected chi connectivity index (χ0v) is 10.0. The Morgan fingerprint density at radius 2 is 2.20 bits per heavy atom. The molecular formula is C11H23NO3. The van der Waals surface area contributed by atoms with Gasteiger partial charge in [-0.1, -0.05) is 0 Å². The molecule has 1 heterocycles. The molecule has 4 heteroatoms. The zero-order valence-electron chi connectivity index (χ0n) is 10.0. The standard InChI is InChI=1S/C11H23NO3/c1-11(15-3)5-4-6-12(9-11)7-10(13)8-14-2/h10,13H,4-9H2,1-3H3. The van der Waals surface area contributed by atoms with Crippen molar-refractivity contribution < 1.29 is 14.6 Å². The van der Waals surface area contributed by atoms with E-state index in [2.05, 4.69) is 11.8 Å². The number of rotatable bonds is 5. The third-order valence-electron chi connectivity index (χ3n) is 3.06. The Bertz CT molecular complexity index is 189. The first-order valence-electron chi connectivity index (χ1n) is 5.54. The minimum Gasteiger partial charge on any atom is -0.389 e. The molecule has 0 aromatic heterocycles. The summed E-state index contributed by atoms with van der Waals surface area (Å²) in [6.45, 7) is 5.14. The van der Waals surface area contributed by atoms with Crippen molar-refractivity contribution in [3.63, 3.8) is 0 Å². The van der Waals surface area contributed by atoms with Crippen LogP contribution in [0.3, 0.4) is 0 Å². The second-order valence-corrected chi connectivity index (χ2v) is 4.60. The highest BCUT2D eigenvalue weighted by Crippen LogP contribution is 2.23. The van der Waals surface area contributed by atoms with E-state index in [1.54, 1.807) is 14.2 Å². The Morgan fingerprint density at radius 3 is 2.80 bits per heavy atom. The maximum Gasteiger partial charge on any atom is 0.0900 e. The average molecular weight is 217 g/mol. The topological polar surface area (TPSA) is 41.9 Å². The van der Waals surface area contributed by atoms with E-state index in [4.69, 9.17) is 9.47 Å². The Hall–Kier alpha value is -0.160. The number of likely N-dealkylation sites (tertiary alicyclic amines) is 1. The number of hydrogen-bond acceptors (Lipinski definition) is 4. The van der Waals surface area contributed by atoms with Gasteiger partial charge in [0.05, 0.1) is 18.3 Å². The third-order valence-corrected chi connectivity index (χ3v) is 3.06. The fraction of sp³-hybridized carbons (Fsp3) is 1.00. The lowest BCUT2D eigenvalue weighted by molar-refractivity contribution is -0.0629. The van der Waals surface area contributed by atoms with E-state index in [-0.39, 0.29) is 5.60 Å². The van der Waals surface area contributed by atoms with Crippen LogP contribution in [0.25, 0.3) is 0 Å². The van der Waals surface area contributed by atoms with Gasteiger partial charge in [0.1, 0.15) is 0 Å². The molecule has 1 aliphatic rings. The molecule has 1 rings (SSSR count). The predicted molar refractivity (Wildman–Crippen MR) is 59.0 cm³/mol. The number of piperidine rings is 1. The first kappa shape index (κ1) is 12.9. The molecule has 2 atom stereocenters. The SMILES string of the molecule is COCC(O)CN1CCCC(C)(OC)C1. The quantitative estimate of drug-likeness (QED) is 0.728. The van der Waals surface area contributed by atoms with Gasteiger partial charge in [-0.2, -0.15) is 0 Å². The largest absolute Gasteiger partial charge is 0.389 e. The molecule has 0 spiro atoms. The lowest BCUT2D eigenvalue weighted by atomic mass is 9.94. The van der Waals surface area contributed by atoms with Crippen LogP contribution < -0.4 is 0 Å². The van der Waals surface area contributed by atoms with Crippen LogP contribution in [-0.4, -0.2) is 62.2 Å². The number of aliphatic hydroxyl groups is 1. The second-order valence-electron chi connectivity index (χ2n) is 4.60. The fourth-order valence-corrected chi connectivity index (χ4v) is 2.17. The maximum atomic E-state index is 9.64. The molecule has 1 saturated heterocycles. The summed E-state index contributed by atoms with van der Waals surface area (Å²) in [5, 5.41) is 9.64. The van der Waals surface area contributed by atoms with Crippen molar-refractivity contribution in [1.29, 1.82) is 0 Å². The van der Waals surface area contributed by atoms with Crippen molar-refractivity contribution >= 4 is 0 Å². The lowest BCUT2D eigenvalue weighted by Crippen LogP contribution is -2.49. The molecule has 0 bridgehead atoms. The fourth-order valence-electron chi connectivity index (χ4n) is 2.17. The highest BCUT2D eigenvalue weighted by atomic mass is 16.5. The predicted octanol–water partition coefficient (Wildman–Crippen LogP) is 0.495. The van der Waals surface area contributed by atoms with Crippen LogP contribution in [0.1, 0.15) is 19.8 Å². The van der Waals surface area contributed by atoms with E-state index in [1.165, 1.54) is 0 Å². The molecule has 0 saturated carbocycles. The molecule has 0 radical (unpaired) electrons. The smallest absolute Gasteiger partial charge is 0.0900 e. The Morgan fingerprint density at radius 1 is 1.47 bits per heavy atom. The third kappa shape index (κ3) is 4.07. The van der Waals surface area contributed by atoms with E-state index in [0.717, 1.165) is 25.9 Å². The first-order valence-corrected chi connectivity index (χ1v) is 5.54. The highest BCUT2D eigenvalue weighted by Gasteiger charge is 2.31. The van der Waals surface area contributed by atoms with E-state index < -0.39 is 6.10 Å². The molecule has 90 valence electrons. The van der Waals surface area contributed by atoms with Gasteiger partial charge in [0.15, 0.2) is 0 Å². The number of nitrogens with zero attached hydrogens (tertiary/aromatic N) is 1. The van der Waals surface area contributed by atoms with Gasteiger partial charge in [-0.15, -0.1) is 0 Å². The van der Waals surface area contributed by atoms with Crippen molar-refractivity contribution in [2.45, 2.75) is 31.5 Å². The van der Waals surface area contributed by atoms with Crippen LogP contribution in [0.2, 0.25) is 0 Å². The van der Waals surface area contributed by atoms with Gasteiger partial charge in [0.25, 0.3) is 0 Å². The van der Waals surface area contributed by atoms with Crippen LogP contribution >= 0.6 is 0 Å². The molecule has 0 aliphatic carbocycles. The van der Waals surface area contributed by atoms with E-state index in [9.17, 15) is 5.11 Å². The van der Waals surface area contributed by atoms with Crippen molar-refractivity contribution in [2.75, 3.05) is 40.5 Å². The minimum absolute atomic E-state index is 0.0506. The van der Waals surface area contributed by atoms with Gasteiger partial charge in [-0.05, 0) is 26.3 Å². The van der Waals surface area contributed by atoms with Crippen LogP contribution in [0, 0.1) is 0 Å². The van der Waals surface area contributed by atoms with Gasteiger partial charge >= 0.3 is 0 Å². The minimum atomic E-state index is -0.394. The van der Waals surface area contributed by atoms with Crippen molar-refractivity contribution in [1.82, 2.24) is 4.90 Å². The first-order chi connectivity index (χ1) is 7.09. The van der Waals surface area contributed by atoms with Crippen LogP contribution in [0.4, 0.5) is 0 Å². The van der Waals surface area contributed by atoms with E-state index in [1.807, 2.05) is 0 Å². The van der Waals surface area contributed by atoms with E-state index in [0.29, 0.717) is 13.2 Å². The molecule has 1 fully saturated rings. The molecule has 1 N–H and O–H groups in total. The van der Waals surface area contributed by atoms with Gasteiger partial charge in [-0.25, -0.2) is 0 Å². The summed E-state index contributed by atoms with van der Waals surface area (Å²) >= 11 is 0. The van der Waals surface area contributed by atoms with Gasteiger partial charge in [0.2, 0.25) is 0 Å². The van der Waals surface area contributed by atoms with Gasteiger partial charge in [-0.3, -0.25) is 4.90 Å². The van der Waals surface area contributed by atoms with Gasteiger partial charge in [0, 0.05) is 27.3 Å². The zero-order chi connectivity index (χ0) is 11.3. The van der Waals surface area contributed by atoms with Crippen molar-refractivity contribution in [2.24, 2.45) is 0 Å². The summed E-state index contributed by atoms with van der Waals surface area (Å²) in [7, 11) is 3.37. The number of aliphatic hydroxyl groups excluding tert-OH is 1. The highest BCUT2D eigenvalue weighted by molar-refractivity contribution is 4.85. The number of hydrogen-bond donors (Lipinski definition) is 1. The van der Waals surface area contributed by atoms with Crippen LogP contribution in [-0.2, 0) is 9.47 Å². The van der Waals surface area contributed by atoms with Crippen LogP contribution in [0.5, 0.6) is 0 Å². The van der Waals surface area contributed by atoms with Crippen LogP contribution in [0.15, 0.2) is 0 Å². The molecule has 0 amide bonds. The molecule has 2 unspecified atom stereocenters. The number of β-amino-alcohol motifs (C(OH)–C–C–N with tert-alkyl or cyclic N) is 1. The molecule has 0 aromatic carbocycles. The Labute approximate surface area is 92.2 Å². The summed E-state index contributed by atoms with van der Waals surface area (Å²) in [6, 6.07) is 0. The van der Waals surface area contributed by atoms with Crippen molar-refractivity contribution in [3.8, 4) is 0 Å². The lowest BCUT2D eigenvalue weighted by Gasteiger charge is -2.40. The summed E-state index contributed by atoms with van der Waals surface area (Å²) in [6.07, 6.45) is 1.83. The van der Waals surface area contributed by atoms with Crippen molar-refractivity contribution in [3.05, 3.63) is 0 Å². The van der Waals surface area contributed by atoms with E-state index >= 15 is 0 Å². The molecule has 15 heavy (non-hydrogen) atoms. The van der Waals surface area contributed by atoms with Gasteiger partial charge < -0.3 is 14.6 Å². The summed E-state index contributed by atoms with van der Waals surface area (Å²) in [5.74, 6) is 0. The monoisotopic (exact) mass is 217 g/mol. The molecule has 4 nitrogen and oxygen atoms in total. The maximum absolute atomic E-state index is 9.64.